The summed E-state index contributed by atoms with van der Waals surface area (Å²) in [4.78, 5) is 83.3. The van der Waals surface area contributed by atoms with Crippen molar-refractivity contribution in [3.05, 3.63) is 0 Å². The van der Waals surface area contributed by atoms with Gasteiger partial charge in [-0.25, -0.2) is 0 Å². The van der Waals surface area contributed by atoms with E-state index < -0.39 is 71.6 Å². The first-order chi connectivity index (χ1) is 17.2. The van der Waals surface area contributed by atoms with Crippen molar-refractivity contribution in [2.24, 2.45) is 11.5 Å². The van der Waals surface area contributed by atoms with Crippen LogP contribution in [0.2, 0.25) is 0 Å². The molecule has 0 fully saturated rings. The molecule has 0 bridgehead atoms. The lowest BCUT2D eigenvalue weighted by molar-refractivity contribution is -0.141. The lowest BCUT2D eigenvalue weighted by atomic mass is 10.1. The first-order valence-corrected chi connectivity index (χ1v) is 11.9. The number of unbranched alkanes of at least 4 members (excludes halogenated alkanes) is 1. The van der Waals surface area contributed by atoms with Gasteiger partial charge in [0.05, 0.1) is 0 Å². The molecule has 0 rings (SSSR count). The predicted octanol–water partition coefficient (Wildman–Crippen LogP) is -3.03. The summed E-state index contributed by atoms with van der Waals surface area (Å²) in [5, 5.41) is 20.8. The number of carboxylic acid groups (broad SMARTS) is 1. The van der Waals surface area contributed by atoms with Crippen LogP contribution in [0.3, 0.4) is 0 Å². The zero-order valence-corrected chi connectivity index (χ0v) is 21.6. The van der Waals surface area contributed by atoms with Crippen LogP contribution in [0.15, 0.2) is 0 Å². The van der Waals surface area contributed by atoms with Crippen LogP contribution in [-0.2, 0) is 33.6 Å². The van der Waals surface area contributed by atoms with Crippen LogP contribution in [0.4, 0.5) is 0 Å². The Kier molecular flexibility index (Phi) is 15.1. The lowest BCUT2D eigenvalue weighted by Gasteiger charge is -2.22. The van der Waals surface area contributed by atoms with E-state index >= 15 is 0 Å². The number of primary amides is 1. The molecular formula is C22H39N7O8. The second kappa shape index (κ2) is 16.8. The topological polar surface area (TPSA) is 252 Å². The van der Waals surface area contributed by atoms with E-state index in [4.69, 9.17) is 16.6 Å². The van der Waals surface area contributed by atoms with Crippen LogP contribution in [-0.4, -0.2) is 83.3 Å². The summed E-state index contributed by atoms with van der Waals surface area (Å²) in [5.74, 6) is -5.23. The largest absolute Gasteiger partial charge is 0.480 e. The summed E-state index contributed by atoms with van der Waals surface area (Å²) in [6.07, 6.45) is 0.845. The molecule has 15 nitrogen and oxygen atoms in total. The van der Waals surface area contributed by atoms with E-state index in [9.17, 15) is 33.6 Å². The number of carboxylic acids is 1. The summed E-state index contributed by atoms with van der Waals surface area (Å²) in [6.45, 7) is 5.64. The molecule has 0 aliphatic heterocycles. The molecule has 0 unspecified atom stereocenters. The zero-order chi connectivity index (χ0) is 28.7. The van der Waals surface area contributed by atoms with Gasteiger partial charge in [0.25, 0.3) is 0 Å². The number of nitrogens with one attached hydrogen (secondary N) is 5. The molecular weight excluding hydrogens is 490 g/mol. The normalized spacial score (nSPS) is 14.6. The SMILES string of the molecule is CC(=O)N[C@@H](C)C(=O)N[C@H](CCC(=O)N[C@@H](CCCCN)C(=O)N[C@H](C)C(=O)N[C@H](C)C(=O)O)C(N)=O. The van der Waals surface area contributed by atoms with Crippen molar-refractivity contribution in [2.45, 2.75) is 90.0 Å². The molecule has 5 atom stereocenters. The van der Waals surface area contributed by atoms with Crippen molar-refractivity contribution in [3.63, 3.8) is 0 Å². The smallest absolute Gasteiger partial charge is 0.325 e. The van der Waals surface area contributed by atoms with Gasteiger partial charge in [-0.3, -0.25) is 33.6 Å². The fraction of sp³-hybridized carbons (Fsp3) is 0.682. The molecule has 15 heteroatoms. The van der Waals surface area contributed by atoms with Crippen molar-refractivity contribution in [2.75, 3.05) is 6.54 Å². The van der Waals surface area contributed by atoms with Crippen molar-refractivity contribution in [1.82, 2.24) is 26.6 Å². The molecule has 0 aromatic heterocycles. The maximum atomic E-state index is 12.7. The molecule has 0 aliphatic rings. The van der Waals surface area contributed by atoms with E-state index in [1.54, 1.807) is 0 Å². The van der Waals surface area contributed by atoms with Gasteiger partial charge in [0.2, 0.25) is 35.4 Å². The molecule has 0 aromatic carbocycles. The number of hydrogen-bond donors (Lipinski definition) is 8. The first-order valence-electron chi connectivity index (χ1n) is 11.9. The second-order valence-corrected chi connectivity index (χ2v) is 8.63. The maximum Gasteiger partial charge on any atom is 0.325 e. The highest BCUT2D eigenvalue weighted by molar-refractivity contribution is 5.94. The van der Waals surface area contributed by atoms with Crippen LogP contribution < -0.4 is 38.1 Å². The van der Waals surface area contributed by atoms with Crippen LogP contribution in [0.25, 0.3) is 0 Å². The fourth-order valence-electron chi connectivity index (χ4n) is 3.04. The highest BCUT2D eigenvalue weighted by atomic mass is 16.4. The summed E-state index contributed by atoms with van der Waals surface area (Å²) < 4.78 is 0. The number of rotatable bonds is 17. The second-order valence-electron chi connectivity index (χ2n) is 8.63. The van der Waals surface area contributed by atoms with Crippen LogP contribution in [0.1, 0.15) is 59.8 Å². The van der Waals surface area contributed by atoms with Gasteiger partial charge in [-0.05, 0) is 53.0 Å². The molecule has 0 saturated carbocycles. The number of carbonyl (C=O) groups is 7. The Hall–Kier alpha value is -3.75. The summed E-state index contributed by atoms with van der Waals surface area (Å²) in [5.41, 5.74) is 10.8. The number of aliphatic carboxylic acids is 1. The molecule has 0 radical (unpaired) electrons. The minimum Gasteiger partial charge on any atom is -0.480 e. The highest BCUT2D eigenvalue weighted by Gasteiger charge is 2.27. The Morgan fingerprint density at radius 2 is 1.24 bits per heavy atom. The van der Waals surface area contributed by atoms with Gasteiger partial charge in [0.1, 0.15) is 30.2 Å². The third-order valence-corrected chi connectivity index (χ3v) is 5.21. The summed E-state index contributed by atoms with van der Waals surface area (Å²) in [6, 6.07) is -5.40. The standard InChI is InChI=1S/C22H39N7O8/c1-11(25-14(4)30)20(34)29-15(18(24)32)8-9-17(31)28-16(7-5-6-10-23)21(35)26-12(2)19(33)27-13(3)22(36)37/h11-13,15-16H,5-10,23H2,1-4H3,(H2,24,32)(H,25,30)(H,26,35)(H,27,33)(H,28,31)(H,29,34)(H,36,37)/t11-,12+,13+,15+,16-/m0/s1. The van der Waals surface area contributed by atoms with Gasteiger partial charge in [-0.15, -0.1) is 0 Å². The molecule has 0 heterocycles. The Bertz CT molecular complexity index is 851. The van der Waals surface area contributed by atoms with E-state index in [0.717, 1.165) is 0 Å². The summed E-state index contributed by atoms with van der Waals surface area (Å²) in [7, 11) is 0. The van der Waals surface area contributed by atoms with Gasteiger partial charge < -0.3 is 43.2 Å². The lowest BCUT2D eigenvalue weighted by Crippen LogP contribution is -2.54. The van der Waals surface area contributed by atoms with Gasteiger partial charge >= 0.3 is 5.97 Å². The van der Waals surface area contributed by atoms with E-state index in [-0.39, 0.29) is 19.3 Å². The quantitative estimate of drug-likeness (QED) is 0.0890. The minimum absolute atomic E-state index is 0.164. The average molecular weight is 530 g/mol. The Morgan fingerprint density at radius 1 is 0.703 bits per heavy atom. The number of nitrogens with two attached hydrogens (primary N) is 2. The molecule has 0 saturated heterocycles. The highest BCUT2D eigenvalue weighted by Crippen LogP contribution is 2.05. The van der Waals surface area contributed by atoms with E-state index in [0.29, 0.717) is 19.4 Å². The zero-order valence-electron chi connectivity index (χ0n) is 21.6. The van der Waals surface area contributed by atoms with Crippen molar-refractivity contribution < 1.29 is 38.7 Å². The van der Waals surface area contributed by atoms with Crippen LogP contribution in [0, 0.1) is 0 Å². The van der Waals surface area contributed by atoms with E-state index in [2.05, 4.69) is 26.6 Å². The molecule has 6 amide bonds. The Labute approximate surface area is 215 Å². The molecule has 0 spiro atoms. The fourth-order valence-corrected chi connectivity index (χ4v) is 3.04. The van der Waals surface area contributed by atoms with Crippen molar-refractivity contribution in [1.29, 1.82) is 0 Å². The van der Waals surface area contributed by atoms with Crippen LogP contribution in [0.5, 0.6) is 0 Å². The van der Waals surface area contributed by atoms with E-state index in [1.807, 2.05) is 0 Å². The number of hydrogen-bond acceptors (Lipinski definition) is 8. The predicted molar refractivity (Wildman–Crippen MR) is 131 cm³/mol. The molecule has 0 aromatic rings. The van der Waals surface area contributed by atoms with Gasteiger partial charge in [0.15, 0.2) is 0 Å². The summed E-state index contributed by atoms with van der Waals surface area (Å²) >= 11 is 0. The van der Waals surface area contributed by atoms with Gasteiger partial charge in [-0.2, -0.15) is 0 Å². The first kappa shape index (κ1) is 33.2. The van der Waals surface area contributed by atoms with Crippen molar-refractivity contribution in [3.8, 4) is 0 Å². The van der Waals surface area contributed by atoms with Gasteiger partial charge in [-0.1, -0.05) is 0 Å². The minimum atomic E-state index is -1.24. The molecule has 210 valence electrons. The average Bonchev–Trinajstić information content (AvgIpc) is 2.79. The molecule has 37 heavy (non-hydrogen) atoms. The number of carbonyl (C=O) groups excluding carboxylic acids is 6. The Balaban J connectivity index is 5.12. The van der Waals surface area contributed by atoms with Crippen molar-refractivity contribution >= 4 is 41.4 Å². The molecule has 10 N–H and O–H groups in total. The Morgan fingerprint density at radius 3 is 1.76 bits per heavy atom. The van der Waals surface area contributed by atoms with Gasteiger partial charge in [0, 0.05) is 13.3 Å². The monoisotopic (exact) mass is 529 g/mol. The molecule has 0 aliphatic carbocycles. The third-order valence-electron chi connectivity index (χ3n) is 5.21. The van der Waals surface area contributed by atoms with Crippen LogP contribution >= 0.6 is 0 Å². The maximum absolute atomic E-state index is 12.7. The number of amides is 6. The van der Waals surface area contributed by atoms with E-state index in [1.165, 1.54) is 27.7 Å². The third kappa shape index (κ3) is 13.8.